The molecule has 0 aliphatic carbocycles. The lowest BCUT2D eigenvalue weighted by Crippen LogP contribution is -2.59. The Kier molecular flexibility index (Phi) is 6.53. The van der Waals surface area contributed by atoms with Crippen LogP contribution in [0.1, 0.15) is 18.6 Å². The molecule has 0 aromatic heterocycles. The van der Waals surface area contributed by atoms with Gasteiger partial charge < -0.3 is 39.7 Å². The first kappa shape index (κ1) is 19.1. The number of methoxy groups -OCH3 is 1. The SMILES string of the molecule is COc1ccc([C@H](O)[C@H](C)O[C@H]2O[C@@H](CO)[C@@H](O)[C@@H](O)[C@H]2O)cc1. The third-order valence-electron chi connectivity index (χ3n) is 4.10. The summed E-state index contributed by atoms with van der Waals surface area (Å²) in [4.78, 5) is 0. The molecule has 0 bridgehead atoms. The first-order chi connectivity index (χ1) is 11.4. The quantitative estimate of drug-likeness (QED) is 0.441. The summed E-state index contributed by atoms with van der Waals surface area (Å²) in [6.07, 6.45) is -8.61. The maximum absolute atomic E-state index is 10.3. The van der Waals surface area contributed by atoms with Crippen molar-refractivity contribution in [2.75, 3.05) is 13.7 Å². The van der Waals surface area contributed by atoms with Gasteiger partial charge in [0.15, 0.2) is 6.29 Å². The number of hydrogen-bond donors (Lipinski definition) is 5. The second kappa shape index (κ2) is 8.21. The van der Waals surface area contributed by atoms with Crippen LogP contribution in [0.2, 0.25) is 0 Å². The van der Waals surface area contributed by atoms with Crippen molar-refractivity contribution >= 4 is 0 Å². The minimum absolute atomic E-state index is 0.541. The van der Waals surface area contributed by atoms with Gasteiger partial charge in [-0.1, -0.05) is 12.1 Å². The van der Waals surface area contributed by atoms with Gasteiger partial charge in [0.25, 0.3) is 0 Å². The lowest BCUT2D eigenvalue weighted by atomic mass is 9.99. The highest BCUT2D eigenvalue weighted by Crippen LogP contribution is 2.27. The summed E-state index contributed by atoms with van der Waals surface area (Å²) in [6.45, 7) is 1.04. The molecule has 24 heavy (non-hydrogen) atoms. The molecule has 1 saturated heterocycles. The first-order valence-corrected chi connectivity index (χ1v) is 7.67. The summed E-state index contributed by atoms with van der Waals surface area (Å²) in [6, 6.07) is 6.74. The van der Waals surface area contributed by atoms with Gasteiger partial charge in [0, 0.05) is 0 Å². The van der Waals surface area contributed by atoms with E-state index < -0.39 is 49.5 Å². The van der Waals surface area contributed by atoms with E-state index in [9.17, 15) is 20.4 Å². The van der Waals surface area contributed by atoms with Gasteiger partial charge in [-0.2, -0.15) is 0 Å². The van der Waals surface area contributed by atoms with Crippen LogP contribution in [-0.2, 0) is 9.47 Å². The summed E-state index contributed by atoms with van der Waals surface area (Å²) in [7, 11) is 1.54. The molecule has 5 N–H and O–H groups in total. The lowest BCUT2D eigenvalue weighted by molar-refractivity contribution is -0.315. The van der Waals surface area contributed by atoms with Crippen LogP contribution in [0.4, 0.5) is 0 Å². The molecule has 8 nitrogen and oxygen atoms in total. The maximum atomic E-state index is 10.3. The highest BCUT2D eigenvalue weighted by molar-refractivity contribution is 5.28. The summed E-state index contributed by atoms with van der Waals surface area (Å²) >= 11 is 0. The molecule has 0 spiro atoms. The monoisotopic (exact) mass is 344 g/mol. The van der Waals surface area contributed by atoms with E-state index >= 15 is 0 Å². The van der Waals surface area contributed by atoms with Gasteiger partial charge in [0.2, 0.25) is 0 Å². The maximum Gasteiger partial charge on any atom is 0.187 e. The van der Waals surface area contributed by atoms with Crippen molar-refractivity contribution < 1.29 is 39.7 Å². The molecule has 0 radical (unpaired) electrons. The van der Waals surface area contributed by atoms with E-state index in [4.69, 9.17) is 19.3 Å². The number of ether oxygens (including phenoxy) is 3. The first-order valence-electron chi connectivity index (χ1n) is 7.67. The van der Waals surface area contributed by atoms with Crippen LogP contribution in [0, 0.1) is 0 Å². The molecule has 8 heteroatoms. The molecular formula is C16H24O8. The van der Waals surface area contributed by atoms with Crippen LogP contribution in [0.5, 0.6) is 5.75 Å². The topological polar surface area (TPSA) is 129 Å². The standard InChI is InChI=1S/C16H24O8/c1-8(12(18)9-3-5-10(22-2)6-4-9)23-16-15(21)14(20)13(19)11(7-17)24-16/h3-6,8,11-21H,7H2,1-2H3/t8-,11-,12+,13+,14+,15+,16-/m0/s1. The van der Waals surface area contributed by atoms with Gasteiger partial charge in [-0.15, -0.1) is 0 Å². The Morgan fingerprint density at radius 1 is 1.08 bits per heavy atom. The van der Waals surface area contributed by atoms with Crippen LogP contribution in [-0.4, -0.2) is 76.1 Å². The second-order valence-electron chi connectivity index (χ2n) is 5.76. The van der Waals surface area contributed by atoms with Gasteiger partial charge in [-0.05, 0) is 24.6 Å². The molecule has 0 amide bonds. The zero-order valence-electron chi connectivity index (χ0n) is 13.5. The third kappa shape index (κ3) is 4.04. The number of hydrogen-bond acceptors (Lipinski definition) is 8. The average Bonchev–Trinajstić information content (AvgIpc) is 2.61. The van der Waals surface area contributed by atoms with E-state index in [2.05, 4.69) is 0 Å². The predicted octanol–water partition coefficient (Wildman–Crippen LogP) is -1.07. The second-order valence-corrected chi connectivity index (χ2v) is 5.76. The molecule has 1 fully saturated rings. The van der Waals surface area contributed by atoms with Crippen molar-refractivity contribution in [1.29, 1.82) is 0 Å². The Labute approximate surface area is 139 Å². The summed E-state index contributed by atoms with van der Waals surface area (Å²) in [5.74, 6) is 0.647. The minimum Gasteiger partial charge on any atom is -0.497 e. The van der Waals surface area contributed by atoms with Gasteiger partial charge in [-0.25, -0.2) is 0 Å². The van der Waals surface area contributed by atoms with Crippen LogP contribution in [0.3, 0.4) is 0 Å². The number of benzene rings is 1. The van der Waals surface area contributed by atoms with E-state index in [0.29, 0.717) is 11.3 Å². The number of rotatable bonds is 6. The Morgan fingerprint density at radius 3 is 2.25 bits per heavy atom. The minimum atomic E-state index is -1.52. The Balaban J connectivity index is 2.02. The van der Waals surface area contributed by atoms with E-state index in [-0.39, 0.29) is 0 Å². The van der Waals surface area contributed by atoms with Crippen molar-refractivity contribution in [2.24, 2.45) is 0 Å². The Bertz CT molecular complexity index is 505. The number of aliphatic hydroxyl groups excluding tert-OH is 5. The molecular weight excluding hydrogens is 320 g/mol. The molecule has 1 heterocycles. The fourth-order valence-electron chi connectivity index (χ4n) is 2.54. The van der Waals surface area contributed by atoms with Crippen LogP contribution in [0.25, 0.3) is 0 Å². The smallest absolute Gasteiger partial charge is 0.187 e. The van der Waals surface area contributed by atoms with E-state index in [1.54, 1.807) is 31.2 Å². The molecule has 0 unspecified atom stereocenters. The highest BCUT2D eigenvalue weighted by atomic mass is 16.7. The molecule has 7 atom stereocenters. The largest absolute Gasteiger partial charge is 0.497 e. The fourth-order valence-corrected chi connectivity index (χ4v) is 2.54. The molecule has 1 aliphatic heterocycles. The molecule has 0 saturated carbocycles. The third-order valence-corrected chi connectivity index (χ3v) is 4.10. The van der Waals surface area contributed by atoms with Crippen LogP contribution < -0.4 is 4.74 Å². The van der Waals surface area contributed by atoms with Gasteiger partial charge in [0.05, 0.1) is 19.8 Å². The van der Waals surface area contributed by atoms with Crippen LogP contribution in [0.15, 0.2) is 24.3 Å². The van der Waals surface area contributed by atoms with Crippen molar-refractivity contribution in [3.63, 3.8) is 0 Å². The Morgan fingerprint density at radius 2 is 1.71 bits per heavy atom. The van der Waals surface area contributed by atoms with Crippen molar-refractivity contribution in [3.05, 3.63) is 29.8 Å². The van der Waals surface area contributed by atoms with Gasteiger partial charge >= 0.3 is 0 Å². The van der Waals surface area contributed by atoms with Crippen molar-refractivity contribution in [1.82, 2.24) is 0 Å². The molecule has 1 aromatic carbocycles. The van der Waals surface area contributed by atoms with Crippen molar-refractivity contribution in [2.45, 2.75) is 49.8 Å². The van der Waals surface area contributed by atoms with Crippen molar-refractivity contribution in [3.8, 4) is 5.75 Å². The average molecular weight is 344 g/mol. The predicted molar refractivity (Wildman–Crippen MR) is 82.3 cm³/mol. The zero-order valence-corrected chi connectivity index (χ0v) is 13.5. The molecule has 2 rings (SSSR count). The highest BCUT2D eigenvalue weighted by Gasteiger charge is 2.44. The summed E-state index contributed by atoms with van der Waals surface area (Å²) < 4.78 is 15.8. The van der Waals surface area contributed by atoms with E-state index in [1.807, 2.05) is 0 Å². The fraction of sp³-hybridized carbons (Fsp3) is 0.625. The molecule has 136 valence electrons. The zero-order chi connectivity index (χ0) is 17.9. The summed E-state index contributed by atoms with van der Waals surface area (Å²) in [5.41, 5.74) is 0.577. The molecule has 1 aliphatic rings. The van der Waals surface area contributed by atoms with Gasteiger partial charge in [-0.3, -0.25) is 0 Å². The van der Waals surface area contributed by atoms with E-state index in [1.165, 1.54) is 7.11 Å². The normalized spacial score (nSPS) is 33.0. The summed E-state index contributed by atoms with van der Waals surface area (Å²) in [5, 5.41) is 48.9. The van der Waals surface area contributed by atoms with Gasteiger partial charge in [0.1, 0.15) is 36.3 Å². The Hall–Kier alpha value is -1.26. The van der Waals surface area contributed by atoms with Crippen LogP contribution >= 0.6 is 0 Å². The number of aliphatic hydroxyl groups is 5. The molecule has 1 aromatic rings. The lowest BCUT2D eigenvalue weighted by Gasteiger charge is -2.41. The van der Waals surface area contributed by atoms with E-state index in [0.717, 1.165) is 0 Å².